The van der Waals surface area contributed by atoms with Gasteiger partial charge < -0.3 is 11.1 Å². The fourth-order valence-electron chi connectivity index (χ4n) is 2.57. The van der Waals surface area contributed by atoms with E-state index in [1.165, 1.54) is 23.9 Å². The molecule has 1 unspecified atom stereocenters. The van der Waals surface area contributed by atoms with Crippen molar-refractivity contribution in [3.63, 3.8) is 0 Å². The molecule has 2 aromatic rings. The monoisotopic (exact) mass is 309 g/mol. The summed E-state index contributed by atoms with van der Waals surface area (Å²) in [4.78, 5) is 27.5. The lowest BCUT2D eigenvalue weighted by molar-refractivity contribution is 0.0924. The molecule has 0 aliphatic heterocycles. The zero-order valence-electron chi connectivity index (χ0n) is 13.0. The van der Waals surface area contributed by atoms with Crippen molar-refractivity contribution < 1.29 is 9.59 Å². The maximum Gasteiger partial charge on any atom is 0.270 e. The van der Waals surface area contributed by atoms with Gasteiger partial charge in [0.2, 0.25) is 5.91 Å². The highest BCUT2D eigenvalue weighted by atomic mass is 16.2. The number of benzene rings is 1. The molecule has 1 atom stereocenters. The summed E-state index contributed by atoms with van der Waals surface area (Å²) in [6.45, 7) is 2.04. The number of rotatable bonds is 5. The van der Waals surface area contributed by atoms with Crippen LogP contribution in [0.5, 0.6) is 0 Å². The summed E-state index contributed by atoms with van der Waals surface area (Å²) in [5, 5.41) is 3.06. The predicted molar refractivity (Wildman–Crippen MR) is 86.9 cm³/mol. The first-order valence-corrected chi connectivity index (χ1v) is 7.68. The fraction of sp³-hybridized carbons (Fsp3) is 0.278. The fourth-order valence-corrected chi connectivity index (χ4v) is 2.57. The first kappa shape index (κ1) is 15.2. The molecule has 5 nitrogen and oxygen atoms in total. The van der Waals surface area contributed by atoms with E-state index in [0.29, 0.717) is 11.5 Å². The van der Waals surface area contributed by atoms with Crippen LogP contribution in [0.15, 0.2) is 42.6 Å². The van der Waals surface area contributed by atoms with Crippen molar-refractivity contribution in [2.24, 2.45) is 11.7 Å². The molecular formula is C18H19N3O2. The van der Waals surface area contributed by atoms with Crippen molar-refractivity contribution in [2.75, 3.05) is 0 Å². The third-order valence-electron chi connectivity index (χ3n) is 4.10. The van der Waals surface area contributed by atoms with Crippen LogP contribution in [0, 0.1) is 12.8 Å². The number of amides is 2. The van der Waals surface area contributed by atoms with Crippen LogP contribution < -0.4 is 11.1 Å². The van der Waals surface area contributed by atoms with Gasteiger partial charge in [0.15, 0.2) is 0 Å². The van der Waals surface area contributed by atoms with E-state index in [1.807, 2.05) is 6.92 Å². The normalized spacial score (nSPS) is 15.0. The molecule has 23 heavy (non-hydrogen) atoms. The van der Waals surface area contributed by atoms with Crippen LogP contribution >= 0.6 is 0 Å². The molecular weight excluding hydrogens is 290 g/mol. The van der Waals surface area contributed by atoms with Gasteiger partial charge in [-0.3, -0.25) is 14.6 Å². The summed E-state index contributed by atoms with van der Waals surface area (Å²) >= 11 is 0. The summed E-state index contributed by atoms with van der Waals surface area (Å²) in [5.74, 6) is -0.315. The van der Waals surface area contributed by atoms with Gasteiger partial charge in [0.05, 0.1) is 11.6 Å². The molecule has 5 heteroatoms. The number of nitrogens with zero attached hydrogens (tertiary/aromatic N) is 1. The first-order valence-electron chi connectivity index (χ1n) is 7.68. The van der Waals surface area contributed by atoms with Crippen LogP contribution in [0.4, 0.5) is 0 Å². The number of nitrogens with two attached hydrogens (primary N) is 1. The Morgan fingerprint density at radius 2 is 1.87 bits per heavy atom. The first-order chi connectivity index (χ1) is 11.0. The average Bonchev–Trinajstić information content (AvgIpc) is 3.38. The predicted octanol–water partition coefficient (Wildman–Crippen LogP) is 2.37. The van der Waals surface area contributed by atoms with Crippen LogP contribution in [0.2, 0.25) is 0 Å². The van der Waals surface area contributed by atoms with E-state index in [4.69, 9.17) is 5.73 Å². The Hall–Kier alpha value is -2.69. The lowest BCUT2D eigenvalue weighted by Gasteiger charge is -2.19. The molecule has 1 fully saturated rings. The highest BCUT2D eigenvalue weighted by Crippen LogP contribution is 2.41. The number of aryl methyl sites for hydroxylation is 1. The lowest BCUT2D eigenvalue weighted by Crippen LogP contribution is -2.30. The number of hydrogen-bond acceptors (Lipinski definition) is 3. The van der Waals surface area contributed by atoms with Crippen molar-refractivity contribution in [1.82, 2.24) is 10.3 Å². The van der Waals surface area contributed by atoms with E-state index >= 15 is 0 Å². The Balaban J connectivity index is 1.76. The third kappa shape index (κ3) is 3.56. The van der Waals surface area contributed by atoms with Gasteiger partial charge >= 0.3 is 0 Å². The van der Waals surface area contributed by atoms with E-state index in [1.54, 1.807) is 0 Å². The minimum atomic E-state index is -0.556. The second-order valence-electron chi connectivity index (χ2n) is 6.00. The maximum absolute atomic E-state index is 12.4. The van der Waals surface area contributed by atoms with Crippen molar-refractivity contribution in [2.45, 2.75) is 25.8 Å². The number of nitrogens with one attached hydrogen (secondary N) is 1. The van der Waals surface area contributed by atoms with Gasteiger partial charge in [-0.15, -0.1) is 0 Å². The zero-order chi connectivity index (χ0) is 16.4. The number of primary amides is 1. The molecule has 1 aliphatic rings. The molecule has 0 saturated heterocycles. The van der Waals surface area contributed by atoms with Crippen molar-refractivity contribution >= 4 is 11.8 Å². The van der Waals surface area contributed by atoms with Crippen LogP contribution in [-0.4, -0.2) is 16.8 Å². The van der Waals surface area contributed by atoms with Crippen LogP contribution in [0.25, 0.3) is 0 Å². The van der Waals surface area contributed by atoms with Crippen molar-refractivity contribution in [3.05, 3.63) is 65.0 Å². The summed E-state index contributed by atoms with van der Waals surface area (Å²) in [5.41, 5.74) is 8.06. The molecule has 1 aromatic heterocycles. The number of aromatic nitrogens is 1. The molecule has 3 N–H and O–H groups in total. The second-order valence-corrected chi connectivity index (χ2v) is 6.00. The van der Waals surface area contributed by atoms with Gasteiger partial charge in [0.1, 0.15) is 5.69 Å². The summed E-state index contributed by atoms with van der Waals surface area (Å²) in [6, 6.07) is 11.3. The molecule has 1 aliphatic carbocycles. The highest BCUT2D eigenvalue weighted by Gasteiger charge is 2.33. The standard InChI is InChI=1S/C18H19N3O2/c1-11-2-4-12(5-3-11)16(13-6-7-13)21-18(23)15-9-8-14(10-20-15)17(19)22/h2-5,8-10,13,16H,6-7H2,1H3,(H2,19,22)(H,21,23). The van der Waals surface area contributed by atoms with Gasteiger partial charge in [-0.2, -0.15) is 0 Å². The molecule has 1 heterocycles. The van der Waals surface area contributed by atoms with E-state index in [9.17, 15) is 9.59 Å². The van der Waals surface area contributed by atoms with E-state index in [0.717, 1.165) is 18.4 Å². The summed E-state index contributed by atoms with van der Waals surface area (Å²) in [6.07, 6.45) is 3.56. The largest absolute Gasteiger partial charge is 0.366 e. The van der Waals surface area contributed by atoms with Crippen molar-refractivity contribution in [3.8, 4) is 0 Å². The smallest absolute Gasteiger partial charge is 0.270 e. The van der Waals surface area contributed by atoms with Crippen molar-refractivity contribution in [1.29, 1.82) is 0 Å². The maximum atomic E-state index is 12.4. The number of hydrogen-bond donors (Lipinski definition) is 2. The molecule has 0 spiro atoms. The van der Waals surface area contributed by atoms with Crippen LogP contribution in [-0.2, 0) is 0 Å². The van der Waals surface area contributed by atoms with Crippen LogP contribution in [0.1, 0.15) is 50.9 Å². The SMILES string of the molecule is Cc1ccc(C(NC(=O)c2ccc(C(N)=O)cn2)C2CC2)cc1. The van der Waals surface area contributed by atoms with Gasteiger partial charge in [-0.1, -0.05) is 29.8 Å². The molecule has 1 saturated carbocycles. The molecule has 0 bridgehead atoms. The Kier molecular flexibility index (Phi) is 4.10. The molecule has 0 radical (unpaired) electrons. The van der Waals surface area contributed by atoms with Gasteiger partial charge in [0, 0.05) is 6.20 Å². The Bertz CT molecular complexity index is 719. The van der Waals surface area contributed by atoms with E-state index in [2.05, 4.69) is 34.6 Å². The second kappa shape index (κ2) is 6.20. The quantitative estimate of drug-likeness (QED) is 0.889. The Morgan fingerprint density at radius 3 is 2.39 bits per heavy atom. The van der Waals surface area contributed by atoms with E-state index in [-0.39, 0.29) is 17.6 Å². The molecule has 1 aromatic carbocycles. The number of pyridine rings is 1. The molecule has 118 valence electrons. The average molecular weight is 309 g/mol. The number of carbonyl (C=O) groups excluding carboxylic acids is 2. The van der Waals surface area contributed by atoms with E-state index < -0.39 is 5.91 Å². The minimum Gasteiger partial charge on any atom is -0.366 e. The molecule has 3 rings (SSSR count). The van der Waals surface area contributed by atoms with Gasteiger partial charge in [-0.25, -0.2) is 0 Å². The Morgan fingerprint density at radius 1 is 1.17 bits per heavy atom. The van der Waals surface area contributed by atoms with Gasteiger partial charge in [0.25, 0.3) is 5.91 Å². The van der Waals surface area contributed by atoms with Crippen LogP contribution in [0.3, 0.4) is 0 Å². The zero-order valence-corrected chi connectivity index (χ0v) is 13.0. The van der Waals surface area contributed by atoms with Gasteiger partial charge in [-0.05, 0) is 43.4 Å². The third-order valence-corrected chi connectivity index (χ3v) is 4.10. The highest BCUT2D eigenvalue weighted by molar-refractivity contribution is 5.95. The Labute approximate surface area is 134 Å². The minimum absolute atomic E-state index is 0.000664. The number of carbonyl (C=O) groups is 2. The topological polar surface area (TPSA) is 85.1 Å². The summed E-state index contributed by atoms with van der Waals surface area (Å²) < 4.78 is 0. The molecule has 2 amide bonds. The lowest BCUT2D eigenvalue weighted by atomic mass is 10.0. The summed E-state index contributed by atoms with van der Waals surface area (Å²) in [7, 11) is 0.